The lowest BCUT2D eigenvalue weighted by Crippen LogP contribution is -2.24. The van der Waals surface area contributed by atoms with Gasteiger partial charge in [0.15, 0.2) is 0 Å². The fraction of sp³-hybridized carbons (Fsp3) is 0.500. The molecule has 0 saturated heterocycles. The van der Waals surface area contributed by atoms with Crippen LogP contribution in [0.15, 0.2) is 11.5 Å². The number of carbonyl (C=O) groups excluding carboxylic acids is 1. The molecule has 0 rings (SSSR count). The summed E-state index contributed by atoms with van der Waals surface area (Å²) >= 11 is 4.53. The molecule has 70 valence electrons. The number of rotatable bonds is 4. The average molecular weight is 209 g/mol. The van der Waals surface area contributed by atoms with Crippen LogP contribution in [0.5, 0.6) is 0 Å². The highest BCUT2D eigenvalue weighted by atomic mass is 32.8. The van der Waals surface area contributed by atoms with Crippen LogP contribution < -0.4 is 5.32 Å². The van der Waals surface area contributed by atoms with E-state index in [9.17, 15) is 9.00 Å². The van der Waals surface area contributed by atoms with E-state index in [1.54, 1.807) is 0 Å². The van der Waals surface area contributed by atoms with Gasteiger partial charge in [-0.25, -0.2) is 0 Å². The third-order valence-electron chi connectivity index (χ3n) is 0.878. The quantitative estimate of drug-likeness (QED) is 0.582. The average Bonchev–Trinajstić information content (AvgIpc) is 1.95. The highest BCUT2D eigenvalue weighted by Gasteiger charge is 1.94. The van der Waals surface area contributed by atoms with Crippen molar-refractivity contribution in [3.05, 3.63) is 11.5 Å². The minimum atomic E-state index is -2.41. The zero-order valence-corrected chi connectivity index (χ0v) is 8.28. The van der Waals surface area contributed by atoms with Gasteiger partial charge < -0.3 is 10.4 Å². The number of carbonyl (C=O) groups is 1. The van der Waals surface area contributed by atoms with E-state index >= 15 is 0 Å². The molecule has 2 N–H and O–H groups in total. The van der Waals surface area contributed by atoms with Crippen molar-refractivity contribution in [2.75, 3.05) is 19.4 Å². The monoisotopic (exact) mass is 209 g/mol. The van der Waals surface area contributed by atoms with Crippen molar-refractivity contribution in [1.82, 2.24) is 5.32 Å². The Bertz CT molecular complexity index is 269. The van der Waals surface area contributed by atoms with Gasteiger partial charge in [0, 0.05) is 32.8 Å². The van der Waals surface area contributed by atoms with E-state index in [2.05, 4.69) is 16.5 Å². The zero-order valence-electron chi connectivity index (χ0n) is 6.65. The van der Waals surface area contributed by atoms with Crippen molar-refractivity contribution in [2.45, 2.75) is 0 Å². The van der Waals surface area contributed by atoms with Crippen molar-refractivity contribution in [3.8, 4) is 0 Å². The first-order valence-electron chi connectivity index (χ1n) is 3.22. The molecule has 0 radical (unpaired) electrons. The SMILES string of the molecule is CS(=O)(=S)C=CC(=O)NCCO. The van der Waals surface area contributed by atoms with E-state index in [-0.39, 0.29) is 13.2 Å². The Morgan fingerprint density at radius 2 is 2.33 bits per heavy atom. The van der Waals surface area contributed by atoms with Gasteiger partial charge >= 0.3 is 0 Å². The van der Waals surface area contributed by atoms with Gasteiger partial charge in [0.05, 0.1) is 6.61 Å². The third kappa shape index (κ3) is 7.64. The highest BCUT2D eigenvalue weighted by molar-refractivity contribution is 8.34. The smallest absolute Gasteiger partial charge is 0.244 e. The van der Waals surface area contributed by atoms with Crippen LogP contribution in [-0.4, -0.2) is 34.6 Å². The summed E-state index contributed by atoms with van der Waals surface area (Å²) in [5.41, 5.74) is 0. The molecule has 0 spiro atoms. The number of nitrogens with one attached hydrogen (secondary N) is 1. The minimum absolute atomic E-state index is 0.116. The Balaban J connectivity index is 3.93. The van der Waals surface area contributed by atoms with Gasteiger partial charge in [-0.1, -0.05) is 0 Å². The molecule has 1 atom stereocenters. The van der Waals surface area contributed by atoms with Gasteiger partial charge in [0.1, 0.15) is 0 Å². The predicted octanol–water partition coefficient (Wildman–Crippen LogP) is -1.02. The number of hydrogen-bond acceptors (Lipinski definition) is 4. The standard InChI is InChI=1S/C6H11NO3S2/c1-12(10,11)5-2-6(9)7-3-4-8/h2,5,8H,3-4H2,1H3,(H,7,9). The minimum Gasteiger partial charge on any atom is -0.395 e. The largest absolute Gasteiger partial charge is 0.395 e. The van der Waals surface area contributed by atoms with Crippen molar-refractivity contribution in [2.24, 2.45) is 0 Å². The highest BCUT2D eigenvalue weighted by Crippen LogP contribution is 1.85. The van der Waals surface area contributed by atoms with Crippen LogP contribution in [0.4, 0.5) is 0 Å². The van der Waals surface area contributed by atoms with Crippen molar-refractivity contribution < 1.29 is 14.1 Å². The van der Waals surface area contributed by atoms with Crippen LogP contribution in [-0.2, 0) is 24.5 Å². The zero-order chi connectivity index (χ0) is 9.61. The summed E-state index contributed by atoms with van der Waals surface area (Å²) < 4.78 is 10.9. The van der Waals surface area contributed by atoms with Crippen LogP contribution in [0.25, 0.3) is 0 Å². The molecule has 0 aromatic rings. The van der Waals surface area contributed by atoms with E-state index in [0.717, 1.165) is 6.08 Å². The fourth-order valence-corrected chi connectivity index (χ4v) is 0.961. The Morgan fingerprint density at radius 1 is 1.75 bits per heavy atom. The predicted molar refractivity (Wildman–Crippen MR) is 50.7 cm³/mol. The molecule has 12 heavy (non-hydrogen) atoms. The second-order valence-corrected chi connectivity index (χ2v) is 6.06. The fourth-order valence-electron chi connectivity index (χ4n) is 0.423. The maximum absolute atomic E-state index is 10.9. The lowest BCUT2D eigenvalue weighted by Gasteiger charge is -1.96. The Hall–Kier alpha value is -0.460. The Kier molecular flexibility index (Phi) is 5.03. The summed E-state index contributed by atoms with van der Waals surface area (Å²) in [4.78, 5) is 10.8. The molecule has 0 aliphatic rings. The van der Waals surface area contributed by atoms with Gasteiger partial charge in [0.25, 0.3) is 0 Å². The van der Waals surface area contributed by atoms with Crippen LogP contribution in [0, 0.1) is 0 Å². The van der Waals surface area contributed by atoms with E-state index in [1.807, 2.05) is 0 Å². The molecule has 1 unspecified atom stereocenters. The number of hydrogen-bond donors (Lipinski definition) is 2. The lowest BCUT2D eigenvalue weighted by atomic mass is 10.5. The summed E-state index contributed by atoms with van der Waals surface area (Å²) in [6, 6.07) is 0. The molecule has 1 amide bonds. The molecule has 0 aromatic heterocycles. The van der Waals surface area contributed by atoms with Crippen LogP contribution in [0.2, 0.25) is 0 Å². The van der Waals surface area contributed by atoms with Gasteiger partial charge in [-0.15, -0.1) is 0 Å². The van der Waals surface area contributed by atoms with Crippen molar-refractivity contribution in [3.63, 3.8) is 0 Å². The summed E-state index contributed by atoms with van der Waals surface area (Å²) in [5.74, 6) is -0.400. The number of amides is 1. The van der Waals surface area contributed by atoms with Gasteiger partial charge in [0.2, 0.25) is 5.91 Å². The molecule has 0 bridgehead atoms. The van der Waals surface area contributed by atoms with Gasteiger partial charge in [-0.2, -0.15) is 0 Å². The van der Waals surface area contributed by atoms with Crippen molar-refractivity contribution >= 4 is 25.6 Å². The summed E-state index contributed by atoms with van der Waals surface area (Å²) in [6.45, 7) is 0.0699. The second kappa shape index (κ2) is 5.23. The molecule has 4 nitrogen and oxygen atoms in total. The maximum Gasteiger partial charge on any atom is 0.244 e. The number of aliphatic hydroxyl groups is 1. The van der Waals surface area contributed by atoms with E-state index in [0.29, 0.717) is 0 Å². The Labute approximate surface area is 76.3 Å². The van der Waals surface area contributed by atoms with Crippen molar-refractivity contribution in [1.29, 1.82) is 0 Å². The first-order valence-corrected chi connectivity index (χ1v) is 6.18. The summed E-state index contributed by atoms with van der Waals surface area (Å²) in [5, 5.41) is 11.9. The molecule has 0 saturated carbocycles. The first-order chi connectivity index (χ1) is 5.45. The maximum atomic E-state index is 10.9. The lowest BCUT2D eigenvalue weighted by molar-refractivity contribution is -0.116. The molecular weight excluding hydrogens is 198 g/mol. The molecule has 0 heterocycles. The first kappa shape index (κ1) is 11.5. The van der Waals surface area contributed by atoms with Crippen LogP contribution in [0.1, 0.15) is 0 Å². The second-order valence-electron chi connectivity index (χ2n) is 2.15. The number of aliphatic hydroxyl groups excluding tert-OH is 1. The topological polar surface area (TPSA) is 66.4 Å². The summed E-state index contributed by atoms with van der Waals surface area (Å²) in [6.07, 6.45) is 2.48. The van der Waals surface area contributed by atoms with E-state index in [1.165, 1.54) is 11.7 Å². The van der Waals surface area contributed by atoms with Gasteiger partial charge in [-0.05, 0) is 11.2 Å². The van der Waals surface area contributed by atoms with Crippen LogP contribution >= 0.6 is 0 Å². The molecule has 0 aliphatic heterocycles. The molecule has 0 aromatic carbocycles. The molecule has 0 aliphatic carbocycles. The third-order valence-corrected chi connectivity index (χ3v) is 1.84. The van der Waals surface area contributed by atoms with Crippen LogP contribution in [0.3, 0.4) is 0 Å². The van der Waals surface area contributed by atoms with Gasteiger partial charge in [-0.3, -0.25) is 9.00 Å². The molecular formula is C6H11NO3S2. The van der Waals surface area contributed by atoms with E-state index in [4.69, 9.17) is 5.11 Å². The molecule has 6 heteroatoms. The Morgan fingerprint density at radius 3 is 2.75 bits per heavy atom. The molecule has 0 fully saturated rings. The normalized spacial score (nSPS) is 15.8. The van der Waals surface area contributed by atoms with E-state index < -0.39 is 14.4 Å². The summed E-state index contributed by atoms with van der Waals surface area (Å²) in [7, 11) is -2.41.